The van der Waals surface area contributed by atoms with E-state index in [1.54, 1.807) is 37.1 Å². The highest BCUT2D eigenvalue weighted by atomic mass is 35.5. The van der Waals surface area contributed by atoms with Crippen molar-refractivity contribution in [2.75, 3.05) is 20.2 Å². The second-order valence-corrected chi connectivity index (χ2v) is 11.7. The van der Waals surface area contributed by atoms with Gasteiger partial charge in [-0.1, -0.05) is 18.5 Å². The molecule has 202 valence electrons. The number of hydrogen-bond acceptors (Lipinski definition) is 5. The highest BCUT2D eigenvalue weighted by Crippen LogP contribution is 2.62. The van der Waals surface area contributed by atoms with Gasteiger partial charge in [0, 0.05) is 35.8 Å². The number of nitrogens with one attached hydrogen (secondary N) is 3. The van der Waals surface area contributed by atoms with Crippen LogP contribution < -0.4 is 15.4 Å². The van der Waals surface area contributed by atoms with Gasteiger partial charge in [-0.2, -0.15) is 0 Å². The smallest absolute Gasteiger partial charge is 0.271 e. The van der Waals surface area contributed by atoms with Crippen LogP contribution in [0.1, 0.15) is 49.5 Å². The Bertz CT molecular complexity index is 1320. The number of amides is 3. The number of likely N-dealkylation sites (tertiary alicyclic amines) is 1. The van der Waals surface area contributed by atoms with Crippen LogP contribution in [0.25, 0.3) is 10.9 Å². The molecule has 4 aliphatic rings. The fourth-order valence-corrected chi connectivity index (χ4v) is 7.41. The average Bonchev–Trinajstić information content (AvgIpc) is 3.25. The van der Waals surface area contributed by atoms with Crippen molar-refractivity contribution in [3.05, 3.63) is 28.9 Å². The lowest BCUT2D eigenvalue weighted by Crippen LogP contribution is -2.53. The van der Waals surface area contributed by atoms with E-state index in [0.29, 0.717) is 53.3 Å². The van der Waals surface area contributed by atoms with Gasteiger partial charge in [0.15, 0.2) is 5.78 Å². The minimum Gasteiger partial charge on any atom is -0.496 e. The number of hydrogen-bond donors (Lipinski definition) is 3. The Labute approximate surface area is 226 Å². The minimum atomic E-state index is -0.743. The zero-order valence-corrected chi connectivity index (χ0v) is 22.3. The molecule has 2 saturated heterocycles. The van der Waals surface area contributed by atoms with E-state index in [4.69, 9.17) is 16.3 Å². The molecule has 2 aliphatic heterocycles. The molecule has 0 spiro atoms. The predicted molar refractivity (Wildman–Crippen MR) is 141 cm³/mol. The van der Waals surface area contributed by atoms with E-state index in [1.165, 1.54) is 0 Å². The summed E-state index contributed by atoms with van der Waals surface area (Å²) in [6, 6.07) is 3.80. The Balaban J connectivity index is 1.27. The number of rotatable bonds is 8. The molecule has 1 aromatic carbocycles. The fraction of sp³-hybridized carbons (Fsp3) is 0.571. The van der Waals surface area contributed by atoms with Gasteiger partial charge in [0.2, 0.25) is 11.8 Å². The lowest BCUT2D eigenvalue weighted by molar-refractivity contribution is -0.132. The van der Waals surface area contributed by atoms with Gasteiger partial charge in [-0.25, -0.2) is 0 Å². The van der Waals surface area contributed by atoms with Crippen molar-refractivity contribution in [3.8, 4) is 5.75 Å². The van der Waals surface area contributed by atoms with Gasteiger partial charge in [-0.3, -0.25) is 19.2 Å². The van der Waals surface area contributed by atoms with Crippen LogP contribution >= 0.6 is 11.6 Å². The zero-order chi connectivity index (χ0) is 26.7. The van der Waals surface area contributed by atoms with Crippen molar-refractivity contribution in [3.63, 3.8) is 0 Å². The first kappa shape index (κ1) is 25.2. The van der Waals surface area contributed by atoms with Gasteiger partial charge in [-0.05, 0) is 67.6 Å². The Morgan fingerprint density at radius 2 is 1.97 bits per heavy atom. The number of fused-ring (bicyclic) bond motifs is 4. The van der Waals surface area contributed by atoms with E-state index in [-0.39, 0.29) is 54.1 Å². The molecule has 9 nitrogen and oxygen atoms in total. The number of aromatic nitrogens is 1. The first-order chi connectivity index (χ1) is 18.3. The van der Waals surface area contributed by atoms with Crippen molar-refractivity contribution in [1.82, 2.24) is 20.5 Å². The average molecular weight is 541 g/mol. The highest BCUT2D eigenvalue weighted by Gasteiger charge is 2.62. The summed E-state index contributed by atoms with van der Waals surface area (Å²) in [5.41, 5.74) is 1.05. The lowest BCUT2D eigenvalue weighted by Gasteiger charge is -2.29. The number of ketones is 1. The first-order valence-electron chi connectivity index (χ1n) is 13.6. The molecule has 4 fully saturated rings. The molecular weight excluding hydrogens is 508 g/mol. The molecule has 2 aromatic rings. The second-order valence-electron chi connectivity index (χ2n) is 11.3. The summed E-state index contributed by atoms with van der Waals surface area (Å²) in [6.45, 7) is 2.87. The number of carbonyl (C=O) groups is 4. The minimum absolute atomic E-state index is 0.0724. The van der Waals surface area contributed by atoms with Crippen LogP contribution in [0.4, 0.5) is 0 Å². The predicted octanol–water partition coefficient (Wildman–Crippen LogP) is 2.92. The monoisotopic (exact) mass is 540 g/mol. The van der Waals surface area contributed by atoms with Crippen LogP contribution in [0.2, 0.25) is 5.02 Å². The molecule has 7 atom stereocenters. The van der Waals surface area contributed by atoms with Crippen LogP contribution in [-0.4, -0.2) is 65.7 Å². The van der Waals surface area contributed by atoms with E-state index >= 15 is 0 Å². The van der Waals surface area contributed by atoms with Gasteiger partial charge in [0.05, 0.1) is 18.7 Å². The third-order valence-corrected chi connectivity index (χ3v) is 9.40. The van der Waals surface area contributed by atoms with Crippen molar-refractivity contribution >= 4 is 46.0 Å². The normalized spacial score (nSPS) is 30.1. The fourth-order valence-electron chi connectivity index (χ4n) is 7.20. The topological polar surface area (TPSA) is 121 Å². The van der Waals surface area contributed by atoms with Crippen molar-refractivity contribution < 1.29 is 23.9 Å². The maximum atomic E-state index is 13.9. The number of nitrogens with zero attached hydrogens (tertiary/aromatic N) is 1. The van der Waals surface area contributed by atoms with E-state index < -0.39 is 12.1 Å². The molecule has 0 unspecified atom stereocenters. The van der Waals surface area contributed by atoms with Crippen molar-refractivity contribution in [2.45, 2.75) is 51.1 Å². The number of aromatic amines is 1. The molecule has 0 bridgehead atoms. The van der Waals surface area contributed by atoms with Crippen LogP contribution in [0, 0.1) is 29.6 Å². The van der Waals surface area contributed by atoms with Crippen LogP contribution in [0.3, 0.4) is 0 Å². The number of carbonyl (C=O) groups excluding carboxylic acids is 4. The van der Waals surface area contributed by atoms with Crippen molar-refractivity contribution in [1.29, 1.82) is 0 Å². The van der Waals surface area contributed by atoms with E-state index in [2.05, 4.69) is 15.6 Å². The van der Waals surface area contributed by atoms with E-state index in [1.807, 2.05) is 0 Å². The summed E-state index contributed by atoms with van der Waals surface area (Å²) < 4.78 is 5.45. The maximum Gasteiger partial charge on any atom is 0.271 e. The number of methoxy groups -OCH3 is 1. The van der Waals surface area contributed by atoms with Gasteiger partial charge < -0.3 is 25.3 Å². The van der Waals surface area contributed by atoms with E-state index in [0.717, 1.165) is 18.2 Å². The number of benzene rings is 1. The zero-order valence-electron chi connectivity index (χ0n) is 21.6. The molecule has 3 heterocycles. The molecule has 38 heavy (non-hydrogen) atoms. The van der Waals surface area contributed by atoms with Crippen molar-refractivity contribution in [2.24, 2.45) is 29.6 Å². The van der Waals surface area contributed by atoms with Gasteiger partial charge in [-0.15, -0.1) is 0 Å². The number of ether oxygens (including phenoxy) is 1. The van der Waals surface area contributed by atoms with Gasteiger partial charge >= 0.3 is 0 Å². The standard InChI is InChI=1S/C28H33ClN4O5/c1-3-23(34)21(8-13-4-5-30-26(13)35)32-27(36)25-17-7-14-6-16(14)19(17)12-33(25)28(37)22-11-18-20(31-22)9-15(29)10-24(18)38-2/h9-11,13-14,16-17,19,21,25,31H,3-8,12H2,1-2H3,(H,30,35)(H,32,36)/t13-,14-,16-,17-,19+,21-,25-/m0/s1. The molecule has 0 radical (unpaired) electrons. The molecule has 6 rings (SSSR count). The molecule has 10 heteroatoms. The number of H-pyrrole nitrogens is 1. The van der Waals surface area contributed by atoms with Crippen LogP contribution in [0.15, 0.2) is 18.2 Å². The maximum absolute atomic E-state index is 13.9. The molecule has 1 aromatic heterocycles. The summed E-state index contributed by atoms with van der Waals surface area (Å²) in [5, 5.41) is 7.02. The van der Waals surface area contributed by atoms with Crippen LogP contribution in [0.5, 0.6) is 5.75 Å². The second kappa shape index (κ2) is 9.59. The molecule has 2 saturated carbocycles. The van der Waals surface area contributed by atoms with E-state index in [9.17, 15) is 19.2 Å². The molecule has 3 N–H and O–H groups in total. The summed E-state index contributed by atoms with van der Waals surface area (Å²) in [6.07, 6.45) is 3.28. The third kappa shape index (κ3) is 4.25. The Morgan fingerprint density at radius 3 is 2.68 bits per heavy atom. The largest absolute Gasteiger partial charge is 0.496 e. The number of halogens is 1. The van der Waals surface area contributed by atoms with Gasteiger partial charge in [0.25, 0.3) is 5.91 Å². The summed E-state index contributed by atoms with van der Waals surface area (Å²) >= 11 is 6.22. The molecule has 2 aliphatic carbocycles. The quantitative estimate of drug-likeness (QED) is 0.475. The molecule has 3 amide bonds. The Hall–Kier alpha value is -3.07. The Morgan fingerprint density at radius 1 is 1.18 bits per heavy atom. The third-order valence-electron chi connectivity index (χ3n) is 9.18. The first-order valence-corrected chi connectivity index (χ1v) is 13.9. The van der Waals surface area contributed by atoms with Crippen LogP contribution in [-0.2, 0) is 14.4 Å². The highest BCUT2D eigenvalue weighted by molar-refractivity contribution is 6.31. The lowest BCUT2D eigenvalue weighted by atomic mass is 9.88. The summed E-state index contributed by atoms with van der Waals surface area (Å²) in [5.74, 6) is 1.10. The SMILES string of the molecule is CCC(=O)[C@H](C[C@@H]1CCNC1=O)NC(=O)[C@@H]1[C@H]2C[C@@H]3C[C@@H]3[C@H]2CN1C(=O)c1cc2c(OC)cc(Cl)cc2[nH]1. The number of Topliss-reactive ketones (excluding diaryl/α,β-unsaturated/α-hetero) is 1. The van der Waals surface area contributed by atoms with Gasteiger partial charge in [0.1, 0.15) is 17.5 Å². The summed E-state index contributed by atoms with van der Waals surface area (Å²) in [4.78, 5) is 57.6. The Kier molecular flexibility index (Phi) is 6.37. The summed E-state index contributed by atoms with van der Waals surface area (Å²) in [7, 11) is 1.55. The molecular formula is C28H33ClN4O5.